The van der Waals surface area contributed by atoms with Crippen LogP contribution in [0.15, 0.2) is 36.4 Å². The van der Waals surface area contributed by atoms with Crippen LogP contribution in [0.2, 0.25) is 5.02 Å². The predicted octanol–water partition coefficient (Wildman–Crippen LogP) is 4.28. The summed E-state index contributed by atoms with van der Waals surface area (Å²) in [5, 5.41) is 0.115. The smallest absolute Gasteiger partial charge is 0.163 e. The van der Waals surface area contributed by atoms with Crippen molar-refractivity contribution in [3.8, 4) is 11.1 Å². The molecule has 3 rings (SSSR count). The zero-order valence-corrected chi connectivity index (χ0v) is 10.3. The highest BCUT2D eigenvalue weighted by Gasteiger charge is 2.19. The standard InChI is InChI=1S/C15H10ClFO/c16-13-8-10(2-5-14(13)17)9-1-4-12-11(7-9)3-6-15(12)18/h1-2,4-5,7-8H,3,6H2. The maximum absolute atomic E-state index is 13.1. The normalized spacial score (nSPS) is 13.8. The number of hydrogen-bond donors (Lipinski definition) is 0. The number of ketones is 1. The van der Waals surface area contributed by atoms with Gasteiger partial charge in [-0.3, -0.25) is 4.79 Å². The second-order valence-corrected chi connectivity index (χ2v) is 4.83. The van der Waals surface area contributed by atoms with E-state index in [0.717, 1.165) is 28.7 Å². The Hall–Kier alpha value is -1.67. The summed E-state index contributed by atoms with van der Waals surface area (Å²) in [6.45, 7) is 0. The van der Waals surface area contributed by atoms with E-state index in [1.165, 1.54) is 6.07 Å². The minimum atomic E-state index is -0.420. The molecule has 0 saturated carbocycles. The lowest BCUT2D eigenvalue weighted by Crippen LogP contribution is -1.91. The van der Waals surface area contributed by atoms with E-state index in [1.54, 1.807) is 12.1 Å². The molecule has 1 aliphatic carbocycles. The predicted molar refractivity (Wildman–Crippen MR) is 69.5 cm³/mol. The van der Waals surface area contributed by atoms with Crippen LogP contribution in [0.4, 0.5) is 4.39 Å². The van der Waals surface area contributed by atoms with Crippen molar-refractivity contribution < 1.29 is 9.18 Å². The molecule has 3 heteroatoms. The molecule has 0 bridgehead atoms. The summed E-state index contributed by atoms with van der Waals surface area (Å²) in [6, 6.07) is 10.4. The van der Waals surface area contributed by atoms with Crippen LogP contribution in [0.5, 0.6) is 0 Å². The van der Waals surface area contributed by atoms with Gasteiger partial charge in [-0.2, -0.15) is 0 Å². The molecule has 90 valence electrons. The van der Waals surface area contributed by atoms with Crippen LogP contribution in [-0.4, -0.2) is 5.78 Å². The number of halogens is 2. The minimum absolute atomic E-state index is 0.115. The lowest BCUT2D eigenvalue weighted by Gasteiger charge is -2.05. The zero-order valence-electron chi connectivity index (χ0n) is 9.54. The van der Waals surface area contributed by atoms with Crippen molar-refractivity contribution >= 4 is 17.4 Å². The third-order valence-electron chi connectivity index (χ3n) is 3.28. The molecule has 0 heterocycles. The Morgan fingerprint density at radius 1 is 1.00 bits per heavy atom. The first-order valence-corrected chi connectivity index (χ1v) is 6.14. The third kappa shape index (κ3) is 1.83. The van der Waals surface area contributed by atoms with Crippen LogP contribution in [0.3, 0.4) is 0 Å². The van der Waals surface area contributed by atoms with Crippen molar-refractivity contribution in [2.45, 2.75) is 12.8 Å². The van der Waals surface area contributed by atoms with Crippen LogP contribution < -0.4 is 0 Å². The summed E-state index contributed by atoms with van der Waals surface area (Å²) in [5.74, 6) is -0.217. The summed E-state index contributed by atoms with van der Waals surface area (Å²) < 4.78 is 13.1. The van der Waals surface area contributed by atoms with E-state index in [-0.39, 0.29) is 10.8 Å². The number of aryl methyl sites for hydroxylation is 1. The molecular weight excluding hydrogens is 251 g/mol. The molecule has 0 saturated heterocycles. The topological polar surface area (TPSA) is 17.1 Å². The lowest BCUT2D eigenvalue weighted by atomic mass is 10.0. The lowest BCUT2D eigenvalue weighted by molar-refractivity contribution is 0.0994. The van der Waals surface area contributed by atoms with Gasteiger partial charge in [-0.25, -0.2) is 4.39 Å². The van der Waals surface area contributed by atoms with Gasteiger partial charge in [0, 0.05) is 12.0 Å². The molecular formula is C15H10ClFO. The SMILES string of the molecule is O=C1CCc2cc(-c3ccc(F)c(Cl)c3)ccc21. The Morgan fingerprint density at radius 2 is 1.72 bits per heavy atom. The first-order valence-electron chi connectivity index (χ1n) is 5.77. The van der Waals surface area contributed by atoms with Crippen LogP contribution in [0, 0.1) is 5.82 Å². The fourth-order valence-corrected chi connectivity index (χ4v) is 2.49. The molecule has 0 N–H and O–H groups in total. The van der Waals surface area contributed by atoms with Gasteiger partial charge in [0.1, 0.15) is 5.82 Å². The van der Waals surface area contributed by atoms with Gasteiger partial charge in [0.25, 0.3) is 0 Å². The number of fused-ring (bicyclic) bond motifs is 1. The second kappa shape index (κ2) is 4.21. The van der Waals surface area contributed by atoms with Gasteiger partial charge in [-0.15, -0.1) is 0 Å². The summed E-state index contributed by atoms with van der Waals surface area (Å²) in [7, 11) is 0. The minimum Gasteiger partial charge on any atom is -0.294 e. The summed E-state index contributed by atoms with van der Waals surface area (Å²) in [6.07, 6.45) is 1.37. The van der Waals surface area contributed by atoms with E-state index in [0.29, 0.717) is 6.42 Å². The highest BCUT2D eigenvalue weighted by atomic mass is 35.5. The fraction of sp³-hybridized carbons (Fsp3) is 0.133. The second-order valence-electron chi connectivity index (χ2n) is 4.42. The Labute approximate surface area is 109 Å². The number of carbonyl (C=O) groups excluding carboxylic acids is 1. The van der Waals surface area contributed by atoms with Gasteiger partial charge in [0.2, 0.25) is 0 Å². The Balaban J connectivity index is 2.07. The highest BCUT2D eigenvalue weighted by molar-refractivity contribution is 6.31. The van der Waals surface area contributed by atoms with Gasteiger partial charge in [0.05, 0.1) is 5.02 Å². The summed E-state index contributed by atoms with van der Waals surface area (Å²) >= 11 is 5.78. The van der Waals surface area contributed by atoms with Gasteiger partial charge < -0.3 is 0 Å². The van der Waals surface area contributed by atoms with E-state index in [4.69, 9.17) is 11.6 Å². The van der Waals surface area contributed by atoms with Crippen molar-refractivity contribution in [3.63, 3.8) is 0 Å². The Kier molecular flexibility index (Phi) is 2.67. The maximum Gasteiger partial charge on any atom is 0.163 e. The number of hydrogen-bond acceptors (Lipinski definition) is 1. The van der Waals surface area contributed by atoms with E-state index in [1.807, 2.05) is 18.2 Å². The average Bonchev–Trinajstić information content (AvgIpc) is 2.74. The molecule has 0 aromatic heterocycles. The average molecular weight is 261 g/mol. The van der Waals surface area contributed by atoms with E-state index >= 15 is 0 Å². The number of carbonyl (C=O) groups is 1. The van der Waals surface area contributed by atoms with Crippen molar-refractivity contribution in [1.29, 1.82) is 0 Å². The van der Waals surface area contributed by atoms with E-state index < -0.39 is 5.82 Å². The molecule has 18 heavy (non-hydrogen) atoms. The molecule has 0 fully saturated rings. The molecule has 1 nitrogen and oxygen atoms in total. The largest absolute Gasteiger partial charge is 0.294 e. The Morgan fingerprint density at radius 3 is 2.50 bits per heavy atom. The van der Waals surface area contributed by atoms with Gasteiger partial charge in [-0.05, 0) is 35.2 Å². The molecule has 0 amide bonds. The molecule has 2 aromatic rings. The fourth-order valence-electron chi connectivity index (χ4n) is 2.31. The van der Waals surface area contributed by atoms with Crippen LogP contribution >= 0.6 is 11.6 Å². The third-order valence-corrected chi connectivity index (χ3v) is 3.57. The quantitative estimate of drug-likeness (QED) is 0.748. The van der Waals surface area contributed by atoms with Crippen LogP contribution in [0.1, 0.15) is 22.3 Å². The molecule has 0 spiro atoms. The van der Waals surface area contributed by atoms with Crippen molar-refractivity contribution in [2.75, 3.05) is 0 Å². The molecule has 0 aliphatic heterocycles. The maximum atomic E-state index is 13.1. The van der Waals surface area contributed by atoms with Crippen LogP contribution in [-0.2, 0) is 6.42 Å². The van der Waals surface area contributed by atoms with Crippen molar-refractivity contribution in [1.82, 2.24) is 0 Å². The summed E-state index contributed by atoms with van der Waals surface area (Å²) in [4.78, 5) is 11.5. The van der Waals surface area contributed by atoms with Gasteiger partial charge in [-0.1, -0.05) is 35.9 Å². The molecule has 0 atom stereocenters. The molecule has 0 unspecified atom stereocenters. The number of Topliss-reactive ketones (excluding diaryl/α,β-unsaturated/α-hetero) is 1. The Bertz CT molecular complexity index is 649. The molecule has 0 radical (unpaired) electrons. The number of benzene rings is 2. The van der Waals surface area contributed by atoms with Crippen molar-refractivity contribution in [3.05, 3.63) is 58.4 Å². The first kappa shape index (κ1) is 11.4. The van der Waals surface area contributed by atoms with Gasteiger partial charge >= 0.3 is 0 Å². The van der Waals surface area contributed by atoms with E-state index in [2.05, 4.69) is 0 Å². The highest BCUT2D eigenvalue weighted by Crippen LogP contribution is 2.30. The monoisotopic (exact) mass is 260 g/mol. The zero-order chi connectivity index (χ0) is 12.7. The molecule has 1 aliphatic rings. The van der Waals surface area contributed by atoms with Crippen LogP contribution in [0.25, 0.3) is 11.1 Å². The van der Waals surface area contributed by atoms with Gasteiger partial charge in [0.15, 0.2) is 5.78 Å². The van der Waals surface area contributed by atoms with Crippen molar-refractivity contribution in [2.24, 2.45) is 0 Å². The van der Waals surface area contributed by atoms with E-state index in [9.17, 15) is 9.18 Å². The first-order chi connectivity index (χ1) is 8.65. The summed E-state index contributed by atoms with van der Waals surface area (Å²) in [5.41, 5.74) is 3.71. The molecule has 2 aromatic carbocycles. The number of rotatable bonds is 1.